The molecule has 0 heteroatoms. The van der Waals surface area contributed by atoms with Gasteiger partial charge in [-0.25, -0.2) is 0 Å². The zero-order chi connectivity index (χ0) is 6.41. The second-order valence-corrected chi connectivity index (χ2v) is 2.68. The number of hydrogen-bond donors (Lipinski definition) is 0. The monoisotopic (exact) mass is 112 g/mol. The normalized spacial score (nSPS) is 10.5. The van der Waals surface area contributed by atoms with Crippen LogP contribution >= 0.6 is 0 Å². The zero-order valence-electron chi connectivity index (χ0n) is 5.98. The lowest BCUT2D eigenvalue weighted by molar-refractivity contribution is 0.540. The Morgan fingerprint density at radius 3 is 2.25 bits per heavy atom. The summed E-state index contributed by atoms with van der Waals surface area (Å²) in [5.41, 5.74) is 0. The summed E-state index contributed by atoms with van der Waals surface area (Å²) in [6, 6.07) is 0. The molecule has 0 amide bonds. The molecule has 0 atom stereocenters. The summed E-state index contributed by atoms with van der Waals surface area (Å²) in [5, 5.41) is 0. The average Bonchev–Trinajstić information content (AvgIpc) is 1.66. The predicted octanol–water partition coefficient (Wildman–Crippen LogP) is 2.91. The first-order valence-corrected chi connectivity index (χ1v) is 3.47. The molecule has 0 aliphatic heterocycles. The van der Waals surface area contributed by atoms with Gasteiger partial charge in [-0.05, 0) is 19.3 Å². The van der Waals surface area contributed by atoms with Gasteiger partial charge in [0.2, 0.25) is 0 Å². The molecule has 0 nitrogen and oxygen atoms in total. The van der Waals surface area contributed by atoms with Crippen LogP contribution in [0.4, 0.5) is 0 Å². The Morgan fingerprint density at radius 1 is 1.25 bits per heavy atom. The average molecular weight is 112 g/mol. The molecule has 8 heavy (non-hydrogen) atoms. The third-order valence-electron chi connectivity index (χ3n) is 1.24. The van der Waals surface area contributed by atoms with E-state index in [4.69, 9.17) is 6.92 Å². The summed E-state index contributed by atoms with van der Waals surface area (Å²) in [6.07, 6.45) is 4.68. The maximum atomic E-state index is 5.31. The molecule has 0 aromatic rings. The van der Waals surface area contributed by atoms with Gasteiger partial charge in [-0.15, -0.1) is 0 Å². The van der Waals surface area contributed by atoms with Crippen LogP contribution in [-0.2, 0) is 0 Å². The van der Waals surface area contributed by atoms with Gasteiger partial charge in [0.05, 0.1) is 0 Å². The van der Waals surface area contributed by atoms with Crippen molar-refractivity contribution in [3.05, 3.63) is 6.92 Å². The summed E-state index contributed by atoms with van der Waals surface area (Å²) >= 11 is 0. The maximum Gasteiger partial charge on any atom is -0.0352 e. The second kappa shape index (κ2) is 5.14. The largest absolute Gasteiger partial charge is 0.0628 e. The van der Waals surface area contributed by atoms with E-state index in [1.54, 1.807) is 0 Å². The van der Waals surface area contributed by atoms with Crippen LogP contribution in [-0.4, -0.2) is 0 Å². The van der Waals surface area contributed by atoms with E-state index < -0.39 is 0 Å². The van der Waals surface area contributed by atoms with Crippen LogP contribution in [0.3, 0.4) is 0 Å². The van der Waals surface area contributed by atoms with Crippen molar-refractivity contribution in [2.45, 2.75) is 39.5 Å². The van der Waals surface area contributed by atoms with Gasteiger partial charge in [-0.3, -0.25) is 0 Å². The number of hydrogen-bond acceptors (Lipinski definition) is 0. The fourth-order valence-corrected chi connectivity index (χ4v) is 0.697. The quantitative estimate of drug-likeness (QED) is 0.490. The van der Waals surface area contributed by atoms with Gasteiger partial charge in [0.1, 0.15) is 0 Å². The van der Waals surface area contributed by atoms with Gasteiger partial charge in [0.25, 0.3) is 0 Å². The van der Waals surface area contributed by atoms with E-state index in [9.17, 15) is 0 Å². The minimum atomic E-state index is 0.849. The minimum absolute atomic E-state index is 0.849. The highest BCUT2D eigenvalue weighted by Crippen LogP contribution is 2.06. The third-order valence-corrected chi connectivity index (χ3v) is 1.24. The van der Waals surface area contributed by atoms with Crippen LogP contribution in [0.25, 0.3) is 0 Å². The first kappa shape index (κ1) is 8.00. The van der Waals surface area contributed by atoms with Crippen molar-refractivity contribution in [3.63, 3.8) is 0 Å². The van der Waals surface area contributed by atoms with E-state index >= 15 is 0 Å². The molecule has 0 aliphatic rings. The Hall–Kier alpha value is 0. The van der Waals surface area contributed by atoms with Crippen LogP contribution in [0.1, 0.15) is 39.5 Å². The molecule has 0 N–H and O–H groups in total. The lowest BCUT2D eigenvalue weighted by atomic mass is 10.1. The second-order valence-electron chi connectivity index (χ2n) is 2.68. The lowest BCUT2D eigenvalue weighted by Gasteiger charge is -2.00. The first-order chi connectivity index (χ1) is 3.77. The number of rotatable bonds is 4. The van der Waals surface area contributed by atoms with Gasteiger partial charge in [-0.2, -0.15) is 0 Å². The fourth-order valence-electron chi connectivity index (χ4n) is 0.697. The summed E-state index contributed by atoms with van der Waals surface area (Å²) < 4.78 is 0. The molecule has 0 bridgehead atoms. The summed E-state index contributed by atoms with van der Waals surface area (Å²) in [5.74, 6) is 0.849. The molecule has 0 aromatic carbocycles. The molecule has 48 valence electrons. The summed E-state index contributed by atoms with van der Waals surface area (Å²) in [4.78, 5) is 0. The van der Waals surface area contributed by atoms with Crippen molar-refractivity contribution in [2.75, 3.05) is 0 Å². The predicted molar refractivity (Wildman–Crippen MR) is 37.6 cm³/mol. The molecule has 2 radical (unpaired) electrons. The van der Waals surface area contributed by atoms with Gasteiger partial charge in [-0.1, -0.05) is 33.1 Å². The Kier molecular flexibility index (Phi) is 5.14. The molecule has 0 saturated heterocycles. The van der Waals surface area contributed by atoms with Gasteiger partial charge in [0, 0.05) is 0 Å². The molecule has 0 saturated carbocycles. The summed E-state index contributed by atoms with van der Waals surface area (Å²) in [7, 11) is 0. The smallest absolute Gasteiger partial charge is 0.0352 e. The molecule has 0 rings (SSSR count). The van der Waals surface area contributed by atoms with Crippen LogP contribution < -0.4 is 0 Å². The van der Waals surface area contributed by atoms with Crippen LogP contribution in [0, 0.1) is 12.8 Å². The van der Waals surface area contributed by atoms with E-state index in [0.29, 0.717) is 0 Å². The van der Waals surface area contributed by atoms with E-state index in [0.717, 1.165) is 12.3 Å². The van der Waals surface area contributed by atoms with E-state index in [2.05, 4.69) is 13.8 Å². The molecule has 0 unspecified atom stereocenters. The molecule has 0 spiro atoms. The summed E-state index contributed by atoms with van der Waals surface area (Å²) in [6.45, 7) is 9.81. The standard InChI is InChI=1S/C8H16/c1-4-5-6-7-8(2)3/h1,8H,4-7H2,2-3H3. The first-order valence-electron chi connectivity index (χ1n) is 3.47. The highest BCUT2D eigenvalue weighted by molar-refractivity contribution is 4.47. The number of unbranched alkanes of at least 4 members (excludes halogenated alkanes) is 2. The lowest BCUT2D eigenvalue weighted by Crippen LogP contribution is -1.85. The van der Waals surface area contributed by atoms with Crippen LogP contribution in [0.2, 0.25) is 0 Å². The van der Waals surface area contributed by atoms with E-state index in [-0.39, 0.29) is 0 Å². The molecule has 0 aliphatic carbocycles. The fraction of sp³-hybridized carbons (Fsp3) is 0.875. The highest BCUT2D eigenvalue weighted by Gasteiger charge is 1.90. The van der Waals surface area contributed by atoms with Crippen molar-refractivity contribution in [3.8, 4) is 0 Å². The van der Waals surface area contributed by atoms with Gasteiger partial charge < -0.3 is 0 Å². The van der Waals surface area contributed by atoms with Gasteiger partial charge >= 0.3 is 0 Å². The van der Waals surface area contributed by atoms with Crippen molar-refractivity contribution < 1.29 is 0 Å². The Balaban J connectivity index is 2.72. The third kappa shape index (κ3) is 6.00. The van der Waals surface area contributed by atoms with Crippen molar-refractivity contribution in [1.82, 2.24) is 0 Å². The molecular formula is C8H16. The van der Waals surface area contributed by atoms with Crippen molar-refractivity contribution in [2.24, 2.45) is 5.92 Å². The molecular weight excluding hydrogens is 96.1 g/mol. The van der Waals surface area contributed by atoms with Crippen molar-refractivity contribution >= 4 is 0 Å². The molecule has 0 fully saturated rings. The van der Waals surface area contributed by atoms with Crippen LogP contribution in [0.15, 0.2) is 0 Å². The van der Waals surface area contributed by atoms with Crippen LogP contribution in [0.5, 0.6) is 0 Å². The van der Waals surface area contributed by atoms with E-state index in [1.165, 1.54) is 19.3 Å². The van der Waals surface area contributed by atoms with Gasteiger partial charge in [0.15, 0.2) is 0 Å². The maximum absolute atomic E-state index is 5.31. The van der Waals surface area contributed by atoms with Crippen molar-refractivity contribution in [1.29, 1.82) is 0 Å². The Labute approximate surface area is 53.3 Å². The zero-order valence-corrected chi connectivity index (χ0v) is 5.98. The Morgan fingerprint density at radius 2 is 1.88 bits per heavy atom. The SMILES string of the molecule is [CH]CCCCC(C)C. The molecule has 0 heterocycles. The topological polar surface area (TPSA) is 0 Å². The highest BCUT2D eigenvalue weighted by atomic mass is 14.0. The Bertz CT molecular complexity index is 37.3. The molecule has 0 aromatic heterocycles. The minimum Gasteiger partial charge on any atom is -0.0628 e. The van der Waals surface area contributed by atoms with E-state index in [1.807, 2.05) is 0 Å².